The van der Waals surface area contributed by atoms with E-state index in [2.05, 4.69) is 0 Å². The van der Waals surface area contributed by atoms with E-state index in [1.54, 1.807) is 31.2 Å². The van der Waals surface area contributed by atoms with Gasteiger partial charge in [0.05, 0.1) is 12.3 Å². The molecule has 0 aliphatic carbocycles. The average Bonchev–Trinajstić information content (AvgIpc) is 2.87. The third-order valence-electron chi connectivity index (χ3n) is 2.43. The third-order valence-corrected chi connectivity index (χ3v) is 2.43. The Morgan fingerprint density at radius 1 is 1.26 bits per heavy atom. The topological polar surface area (TPSA) is 74.7 Å². The summed E-state index contributed by atoms with van der Waals surface area (Å²) >= 11 is 0. The lowest BCUT2D eigenvalue weighted by Gasteiger charge is -2.06. The summed E-state index contributed by atoms with van der Waals surface area (Å²) in [5.41, 5.74) is 6.30. The number of anilines is 1. The van der Waals surface area contributed by atoms with Crippen LogP contribution in [0.3, 0.4) is 0 Å². The van der Waals surface area contributed by atoms with Crippen LogP contribution in [0.1, 0.15) is 23.2 Å². The van der Waals surface area contributed by atoms with E-state index >= 15 is 0 Å². The van der Waals surface area contributed by atoms with Crippen molar-refractivity contribution in [3.05, 3.63) is 47.9 Å². The van der Waals surface area contributed by atoms with Crippen LogP contribution in [-0.2, 0) is 11.3 Å². The lowest BCUT2D eigenvalue weighted by Crippen LogP contribution is -2.03. The quantitative estimate of drug-likeness (QED) is 0.661. The first-order valence-electron chi connectivity index (χ1n) is 5.94. The summed E-state index contributed by atoms with van der Waals surface area (Å²) in [6.45, 7) is 2.25. The van der Waals surface area contributed by atoms with Crippen LogP contribution < -0.4 is 10.5 Å². The van der Waals surface area contributed by atoms with Gasteiger partial charge in [0.15, 0.2) is 0 Å². The molecule has 0 saturated heterocycles. The Labute approximate surface area is 110 Å². The summed E-state index contributed by atoms with van der Waals surface area (Å²) in [7, 11) is 0. The molecule has 2 aromatic rings. The van der Waals surface area contributed by atoms with Crippen LogP contribution in [0.4, 0.5) is 5.69 Å². The van der Waals surface area contributed by atoms with E-state index in [-0.39, 0.29) is 12.4 Å². The molecule has 0 saturated carbocycles. The van der Waals surface area contributed by atoms with E-state index in [9.17, 15) is 4.79 Å². The number of hydrogen-bond donors (Lipinski definition) is 1. The van der Waals surface area contributed by atoms with Gasteiger partial charge in [-0.05, 0) is 31.2 Å². The standard InChI is InChI=1S/C14H15NO4/c1-2-17-14(16)13-8-7-10(19-13)9-18-12-6-4-3-5-11(12)15/h3-8H,2,9,15H2,1H3. The lowest BCUT2D eigenvalue weighted by molar-refractivity contribution is 0.0486. The van der Waals surface area contributed by atoms with Crippen LogP contribution in [0.5, 0.6) is 5.75 Å². The molecule has 1 aromatic carbocycles. The minimum atomic E-state index is -0.479. The van der Waals surface area contributed by atoms with Gasteiger partial charge in [0, 0.05) is 0 Å². The van der Waals surface area contributed by atoms with Gasteiger partial charge in [-0.25, -0.2) is 4.79 Å². The van der Waals surface area contributed by atoms with Crippen molar-refractivity contribution in [2.45, 2.75) is 13.5 Å². The van der Waals surface area contributed by atoms with Gasteiger partial charge < -0.3 is 19.6 Å². The van der Waals surface area contributed by atoms with Crippen LogP contribution in [0.25, 0.3) is 0 Å². The van der Waals surface area contributed by atoms with Crippen molar-refractivity contribution in [2.24, 2.45) is 0 Å². The molecule has 1 aromatic heterocycles. The SMILES string of the molecule is CCOC(=O)c1ccc(COc2ccccc2N)o1. The monoisotopic (exact) mass is 261 g/mol. The van der Waals surface area contributed by atoms with Gasteiger partial charge in [-0.15, -0.1) is 0 Å². The van der Waals surface area contributed by atoms with E-state index in [1.807, 2.05) is 12.1 Å². The zero-order chi connectivity index (χ0) is 13.7. The molecule has 0 amide bonds. The molecule has 0 radical (unpaired) electrons. The highest BCUT2D eigenvalue weighted by molar-refractivity contribution is 5.86. The van der Waals surface area contributed by atoms with Crippen molar-refractivity contribution >= 4 is 11.7 Å². The maximum Gasteiger partial charge on any atom is 0.374 e. The van der Waals surface area contributed by atoms with Gasteiger partial charge in [0.2, 0.25) is 5.76 Å². The van der Waals surface area contributed by atoms with Gasteiger partial charge in [-0.1, -0.05) is 12.1 Å². The van der Waals surface area contributed by atoms with Crippen molar-refractivity contribution in [3.63, 3.8) is 0 Å². The van der Waals surface area contributed by atoms with Crippen molar-refractivity contribution in [3.8, 4) is 5.75 Å². The average molecular weight is 261 g/mol. The molecule has 0 atom stereocenters. The second-order valence-electron chi connectivity index (χ2n) is 3.81. The summed E-state index contributed by atoms with van der Waals surface area (Å²) in [4.78, 5) is 11.4. The second kappa shape index (κ2) is 5.95. The molecule has 0 unspecified atom stereocenters. The van der Waals surface area contributed by atoms with Crippen molar-refractivity contribution in [1.82, 2.24) is 0 Å². The highest BCUT2D eigenvalue weighted by atomic mass is 16.5. The smallest absolute Gasteiger partial charge is 0.374 e. The largest absolute Gasteiger partial charge is 0.483 e. The number of hydrogen-bond acceptors (Lipinski definition) is 5. The van der Waals surface area contributed by atoms with Crippen LogP contribution in [0, 0.1) is 0 Å². The number of carbonyl (C=O) groups is 1. The molecule has 0 spiro atoms. The number of nitrogens with two attached hydrogens (primary N) is 1. The van der Waals surface area contributed by atoms with E-state index in [0.29, 0.717) is 23.8 Å². The number of carbonyl (C=O) groups excluding carboxylic acids is 1. The van der Waals surface area contributed by atoms with Crippen molar-refractivity contribution in [1.29, 1.82) is 0 Å². The highest BCUT2D eigenvalue weighted by Gasteiger charge is 2.12. The normalized spacial score (nSPS) is 10.2. The molecule has 0 fully saturated rings. The highest BCUT2D eigenvalue weighted by Crippen LogP contribution is 2.21. The van der Waals surface area contributed by atoms with E-state index in [4.69, 9.17) is 19.6 Å². The first kappa shape index (κ1) is 13.0. The molecule has 5 nitrogen and oxygen atoms in total. The number of furan rings is 1. The van der Waals surface area contributed by atoms with Crippen LogP contribution >= 0.6 is 0 Å². The predicted octanol–water partition coefficient (Wildman–Crippen LogP) is 2.62. The number of benzene rings is 1. The molecular formula is C14H15NO4. The van der Waals surface area contributed by atoms with Gasteiger partial charge in [0.25, 0.3) is 0 Å². The van der Waals surface area contributed by atoms with Crippen LogP contribution in [-0.4, -0.2) is 12.6 Å². The molecule has 19 heavy (non-hydrogen) atoms. The Balaban J connectivity index is 1.97. The Bertz CT molecular complexity index is 562. The Morgan fingerprint density at radius 3 is 2.79 bits per heavy atom. The number of nitrogen functional groups attached to an aromatic ring is 1. The number of para-hydroxylation sites is 2. The molecular weight excluding hydrogens is 246 g/mol. The predicted molar refractivity (Wildman–Crippen MR) is 69.9 cm³/mol. The zero-order valence-electron chi connectivity index (χ0n) is 10.6. The fraction of sp³-hybridized carbons (Fsp3) is 0.214. The molecule has 100 valence electrons. The first-order valence-corrected chi connectivity index (χ1v) is 5.94. The number of rotatable bonds is 5. The van der Waals surface area contributed by atoms with Crippen molar-refractivity contribution in [2.75, 3.05) is 12.3 Å². The summed E-state index contributed by atoms with van der Waals surface area (Å²) in [6, 6.07) is 10.4. The Kier molecular flexibility index (Phi) is 4.07. The zero-order valence-corrected chi connectivity index (χ0v) is 10.6. The molecule has 0 aliphatic heterocycles. The fourth-order valence-electron chi connectivity index (χ4n) is 1.53. The summed E-state index contributed by atoms with van der Waals surface area (Å²) in [5, 5.41) is 0. The van der Waals surface area contributed by atoms with Crippen LogP contribution in [0.2, 0.25) is 0 Å². The van der Waals surface area contributed by atoms with E-state index in [1.165, 1.54) is 0 Å². The van der Waals surface area contributed by atoms with Crippen LogP contribution in [0.15, 0.2) is 40.8 Å². The number of ether oxygens (including phenoxy) is 2. The van der Waals surface area contributed by atoms with E-state index < -0.39 is 5.97 Å². The molecule has 0 aliphatic rings. The second-order valence-corrected chi connectivity index (χ2v) is 3.81. The first-order chi connectivity index (χ1) is 9.20. The van der Waals surface area contributed by atoms with Gasteiger partial charge in [-0.2, -0.15) is 0 Å². The number of esters is 1. The van der Waals surface area contributed by atoms with Gasteiger partial charge >= 0.3 is 5.97 Å². The van der Waals surface area contributed by atoms with Gasteiger partial charge in [-0.3, -0.25) is 0 Å². The molecule has 0 bridgehead atoms. The maximum absolute atomic E-state index is 11.4. The molecule has 2 N–H and O–H groups in total. The molecule has 1 heterocycles. The minimum Gasteiger partial charge on any atom is -0.483 e. The van der Waals surface area contributed by atoms with E-state index in [0.717, 1.165) is 0 Å². The van der Waals surface area contributed by atoms with Crippen molar-refractivity contribution < 1.29 is 18.7 Å². The summed E-state index contributed by atoms with van der Waals surface area (Å²) < 4.78 is 15.7. The maximum atomic E-state index is 11.4. The summed E-state index contributed by atoms with van der Waals surface area (Å²) in [5.74, 6) is 0.803. The molecule has 5 heteroatoms. The minimum absolute atomic E-state index is 0.168. The van der Waals surface area contributed by atoms with Gasteiger partial charge in [0.1, 0.15) is 18.1 Å². The fourth-order valence-corrected chi connectivity index (χ4v) is 1.53. The summed E-state index contributed by atoms with van der Waals surface area (Å²) in [6.07, 6.45) is 0. The Hall–Kier alpha value is -2.43. The lowest BCUT2D eigenvalue weighted by atomic mass is 10.3. The third kappa shape index (κ3) is 3.28. The molecule has 2 rings (SSSR count). The Morgan fingerprint density at radius 2 is 2.05 bits per heavy atom.